The highest BCUT2D eigenvalue weighted by Gasteiger charge is 2.34. The number of esters is 1. The van der Waals surface area contributed by atoms with Crippen LogP contribution in [0.4, 0.5) is 13.2 Å². The summed E-state index contributed by atoms with van der Waals surface area (Å²) in [6.45, 7) is 1.33. The summed E-state index contributed by atoms with van der Waals surface area (Å²) in [7, 11) is 0. The van der Waals surface area contributed by atoms with Gasteiger partial charge in [-0.1, -0.05) is 35.5 Å². The zero-order valence-electron chi connectivity index (χ0n) is 11.5. The van der Waals surface area contributed by atoms with Crippen LogP contribution in [0.15, 0.2) is 35.4 Å². The van der Waals surface area contributed by atoms with Gasteiger partial charge in [0, 0.05) is 17.3 Å². The largest absolute Gasteiger partial charge is 0.465 e. The molecule has 1 aromatic carbocycles. The first-order valence-electron chi connectivity index (χ1n) is 6.31. The van der Waals surface area contributed by atoms with Crippen LogP contribution in [-0.2, 0) is 16.1 Å². The Morgan fingerprint density at radius 3 is 2.59 bits per heavy atom. The maximum Gasteiger partial charge on any atom is 0.447 e. The van der Waals surface area contributed by atoms with Gasteiger partial charge in [-0.2, -0.15) is 13.2 Å². The SMILES string of the molecule is CCOC(=O)Cn1nnc(-c2ccccc2)c1SC(F)(F)F. The first kappa shape index (κ1) is 16.3. The Kier molecular flexibility index (Phi) is 5.07. The van der Waals surface area contributed by atoms with Gasteiger partial charge in [0.2, 0.25) is 0 Å². The lowest BCUT2D eigenvalue weighted by Gasteiger charge is -2.09. The fourth-order valence-corrected chi connectivity index (χ4v) is 2.41. The molecule has 0 atom stereocenters. The minimum atomic E-state index is -4.52. The van der Waals surface area contributed by atoms with E-state index < -0.39 is 18.0 Å². The van der Waals surface area contributed by atoms with Crippen molar-refractivity contribution in [3.63, 3.8) is 0 Å². The number of aromatic nitrogens is 3. The van der Waals surface area contributed by atoms with Gasteiger partial charge in [-0.3, -0.25) is 4.79 Å². The molecule has 0 N–H and O–H groups in total. The predicted octanol–water partition coefficient (Wildman–Crippen LogP) is 3.12. The van der Waals surface area contributed by atoms with Crippen LogP contribution in [0.1, 0.15) is 6.92 Å². The molecule has 0 bridgehead atoms. The fraction of sp³-hybridized carbons (Fsp3) is 0.308. The number of halogens is 3. The molecule has 22 heavy (non-hydrogen) atoms. The third-order valence-corrected chi connectivity index (χ3v) is 3.36. The van der Waals surface area contributed by atoms with Crippen molar-refractivity contribution in [3.05, 3.63) is 30.3 Å². The van der Waals surface area contributed by atoms with Crippen molar-refractivity contribution in [3.8, 4) is 11.3 Å². The molecule has 0 unspecified atom stereocenters. The minimum Gasteiger partial charge on any atom is -0.465 e. The van der Waals surface area contributed by atoms with E-state index >= 15 is 0 Å². The number of alkyl halides is 3. The van der Waals surface area contributed by atoms with Gasteiger partial charge in [-0.05, 0) is 6.92 Å². The quantitative estimate of drug-likeness (QED) is 0.622. The normalized spacial score (nSPS) is 11.5. The fourth-order valence-electron chi connectivity index (χ4n) is 1.72. The van der Waals surface area contributed by atoms with Gasteiger partial charge < -0.3 is 4.74 Å². The van der Waals surface area contributed by atoms with Crippen molar-refractivity contribution >= 4 is 17.7 Å². The summed E-state index contributed by atoms with van der Waals surface area (Å²) in [5.41, 5.74) is -3.95. The maximum absolute atomic E-state index is 12.8. The molecule has 2 aromatic rings. The van der Waals surface area contributed by atoms with E-state index in [2.05, 4.69) is 10.3 Å². The molecule has 1 aromatic heterocycles. The van der Waals surface area contributed by atoms with Gasteiger partial charge in [0.25, 0.3) is 0 Å². The summed E-state index contributed by atoms with van der Waals surface area (Å²) in [6.07, 6.45) is 0. The van der Waals surface area contributed by atoms with Crippen LogP contribution in [0.3, 0.4) is 0 Å². The van der Waals surface area contributed by atoms with Crippen molar-refractivity contribution in [2.24, 2.45) is 0 Å². The number of thioether (sulfide) groups is 1. The van der Waals surface area contributed by atoms with E-state index in [-0.39, 0.29) is 29.1 Å². The highest BCUT2D eigenvalue weighted by atomic mass is 32.2. The van der Waals surface area contributed by atoms with E-state index in [4.69, 9.17) is 4.74 Å². The van der Waals surface area contributed by atoms with Gasteiger partial charge in [0.15, 0.2) is 0 Å². The molecule has 9 heteroatoms. The average molecular weight is 331 g/mol. The summed E-state index contributed by atoms with van der Waals surface area (Å²) in [5.74, 6) is -0.670. The Morgan fingerprint density at radius 2 is 2.00 bits per heavy atom. The molecular weight excluding hydrogens is 319 g/mol. The zero-order chi connectivity index (χ0) is 16.2. The molecule has 0 spiro atoms. The lowest BCUT2D eigenvalue weighted by Crippen LogP contribution is -2.16. The van der Waals surface area contributed by atoms with E-state index in [1.54, 1.807) is 37.3 Å². The highest BCUT2D eigenvalue weighted by Crippen LogP contribution is 2.40. The number of carbonyl (C=O) groups is 1. The summed E-state index contributed by atoms with van der Waals surface area (Å²) in [4.78, 5) is 11.5. The predicted molar refractivity (Wildman–Crippen MR) is 74.0 cm³/mol. The number of ether oxygens (including phenoxy) is 1. The third kappa shape index (κ3) is 4.23. The number of nitrogens with zero attached hydrogens (tertiary/aromatic N) is 3. The topological polar surface area (TPSA) is 57.0 Å². The van der Waals surface area contributed by atoms with E-state index in [0.717, 1.165) is 4.68 Å². The van der Waals surface area contributed by atoms with E-state index in [0.29, 0.717) is 5.56 Å². The molecule has 0 saturated carbocycles. The molecule has 0 saturated heterocycles. The zero-order valence-corrected chi connectivity index (χ0v) is 12.3. The van der Waals surface area contributed by atoms with Gasteiger partial charge in [0.05, 0.1) is 6.61 Å². The lowest BCUT2D eigenvalue weighted by molar-refractivity contribution is -0.144. The van der Waals surface area contributed by atoms with E-state index in [1.165, 1.54) is 0 Å². The summed E-state index contributed by atoms with van der Waals surface area (Å²) < 4.78 is 43.9. The number of benzene rings is 1. The van der Waals surface area contributed by atoms with Crippen LogP contribution >= 0.6 is 11.8 Å². The smallest absolute Gasteiger partial charge is 0.447 e. The molecular formula is C13H12F3N3O2S. The second kappa shape index (κ2) is 6.82. The van der Waals surface area contributed by atoms with Crippen LogP contribution in [0.25, 0.3) is 11.3 Å². The maximum atomic E-state index is 12.8. The molecule has 0 radical (unpaired) electrons. The van der Waals surface area contributed by atoms with Gasteiger partial charge >= 0.3 is 11.5 Å². The van der Waals surface area contributed by atoms with E-state index in [9.17, 15) is 18.0 Å². The van der Waals surface area contributed by atoms with Crippen LogP contribution in [0, 0.1) is 0 Å². The molecule has 118 valence electrons. The first-order valence-corrected chi connectivity index (χ1v) is 7.12. The van der Waals surface area contributed by atoms with E-state index in [1.807, 2.05) is 0 Å². The molecule has 5 nitrogen and oxygen atoms in total. The second-order valence-corrected chi connectivity index (χ2v) is 5.17. The molecule has 2 rings (SSSR count). The van der Waals surface area contributed by atoms with Gasteiger partial charge in [-0.15, -0.1) is 5.10 Å². The number of hydrogen-bond donors (Lipinski definition) is 0. The second-order valence-electron chi connectivity index (χ2n) is 4.12. The number of carbonyl (C=O) groups excluding carboxylic acids is 1. The Balaban J connectivity index is 2.38. The summed E-state index contributed by atoms with van der Waals surface area (Å²) in [6, 6.07) is 8.35. The molecule has 0 aliphatic carbocycles. The Bertz CT molecular complexity index is 644. The van der Waals surface area contributed by atoms with Gasteiger partial charge in [0.1, 0.15) is 17.3 Å². The molecule has 0 fully saturated rings. The molecule has 0 aliphatic rings. The third-order valence-electron chi connectivity index (χ3n) is 2.53. The summed E-state index contributed by atoms with van der Waals surface area (Å²) in [5, 5.41) is 7.17. The molecule has 0 amide bonds. The summed E-state index contributed by atoms with van der Waals surface area (Å²) >= 11 is -0.354. The Morgan fingerprint density at radius 1 is 1.32 bits per heavy atom. The first-order chi connectivity index (χ1) is 10.4. The van der Waals surface area contributed by atoms with Gasteiger partial charge in [-0.25, -0.2) is 4.68 Å². The monoisotopic (exact) mass is 331 g/mol. The molecule has 1 heterocycles. The standard InChI is InChI=1S/C13H12F3N3O2S/c1-2-21-10(20)8-19-12(22-13(14,15)16)11(17-18-19)9-6-4-3-5-7-9/h3-7H,2,8H2,1H3. The van der Waals surface area contributed by atoms with Crippen molar-refractivity contribution < 1.29 is 22.7 Å². The van der Waals surface area contributed by atoms with Crippen molar-refractivity contribution in [1.29, 1.82) is 0 Å². The average Bonchev–Trinajstić information content (AvgIpc) is 2.81. The van der Waals surface area contributed by atoms with Crippen molar-refractivity contribution in [2.45, 2.75) is 24.0 Å². The Hall–Kier alpha value is -2.03. The minimum absolute atomic E-state index is 0.0761. The number of hydrogen-bond acceptors (Lipinski definition) is 5. The Labute approximate surface area is 128 Å². The van der Waals surface area contributed by atoms with Crippen LogP contribution in [-0.4, -0.2) is 33.1 Å². The van der Waals surface area contributed by atoms with Crippen molar-refractivity contribution in [2.75, 3.05) is 6.61 Å². The van der Waals surface area contributed by atoms with Crippen LogP contribution < -0.4 is 0 Å². The van der Waals surface area contributed by atoms with Crippen LogP contribution in [0.5, 0.6) is 0 Å². The number of rotatable bonds is 5. The molecule has 0 aliphatic heterocycles. The van der Waals surface area contributed by atoms with Crippen LogP contribution in [0.2, 0.25) is 0 Å². The van der Waals surface area contributed by atoms with Crippen molar-refractivity contribution in [1.82, 2.24) is 15.0 Å². The lowest BCUT2D eigenvalue weighted by atomic mass is 10.2. The highest BCUT2D eigenvalue weighted by molar-refractivity contribution is 8.00.